The number of nitrogens with zero attached hydrogens (tertiary/aromatic N) is 1. The molecule has 2 saturated carbocycles. The highest BCUT2D eigenvalue weighted by molar-refractivity contribution is 5.85. The van der Waals surface area contributed by atoms with Crippen LogP contribution in [0.4, 0.5) is 0 Å². The van der Waals surface area contributed by atoms with Gasteiger partial charge in [-0.3, -0.25) is 9.59 Å². The number of aromatic nitrogens is 1. The lowest BCUT2D eigenvalue weighted by molar-refractivity contribution is -0.135. The quantitative estimate of drug-likeness (QED) is 0.471. The van der Waals surface area contributed by atoms with Gasteiger partial charge in [0.2, 0.25) is 11.8 Å². The van der Waals surface area contributed by atoms with Gasteiger partial charge in [-0.1, -0.05) is 61.4 Å². The van der Waals surface area contributed by atoms with E-state index in [1.54, 1.807) is 0 Å². The molecule has 1 spiro atoms. The van der Waals surface area contributed by atoms with Gasteiger partial charge in [0, 0.05) is 42.7 Å². The Morgan fingerprint density at radius 3 is 2.50 bits per heavy atom. The van der Waals surface area contributed by atoms with E-state index in [2.05, 4.69) is 63.9 Å². The van der Waals surface area contributed by atoms with Gasteiger partial charge >= 0.3 is 0 Å². The van der Waals surface area contributed by atoms with E-state index in [-0.39, 0.29) is 23.2 Å². The van der Waals surface area contributed by atoms with Crippen molar-refractivity contribution in [1.82, 2.24) is 15.2 Å². The van der Waals surface area contributed by atoms with Crippen molar-refractivity contribution >= 4 is 22.7 Å². The monoisotopic (exact) mass is 483 g/mol. The van der Waals surface area contributed by atoms with Crippen LogP contribution in [0, 0.1) is 17.3 Å². The first-order valence-electron chi connectivity index (χ1n) is 13.8. The van der Waals surface area contributed by atoms with E-state index >= 15 is 0 Å². The van der Waals surface area contributed by atoms with Crippen LogP contribution in [0.5, 0.6) is 0 Å². The number of aromatic amines is 1. The third-order valence-electron chi connectivity index (χ3n) is 9.24. The number of rotatable bonds is 7. The lowest BCUT2D eigenvalue weighted by Gasteiger charge is -2.36. The molecule has 2 aromatic carbocycles. The third kappa shape index (κ3) is 4.44. The van der Waals surface area contributed by atoms with Crippen LogP contribution in [-0.4, -0.2) is 41.3 Å². The standard InChI is InChI=1S/C31H37N3O2/c35-29(32-17-14-24-21-33-27-13-7-6-12-25(24)27)26-20-31(26)15-18-34(19-16-31)30(36)28(23-10-4-5-11-23)22-8-2-1-3-9-22/h1-3,6-9,12-13,21,23,26,28,33H,4-5,10-11,14-20H2,(H,32,35). The molecule has 0 radical (unpaired) electrons. The average Bonchev–Trinajstić information content (AvgIpc) is 3.24. The maximum Gasteiger partial charge on any atom is 0.230 e. The van der Waals surface area contributed by atoms with Crippen LogP contribution < -0.4 is 5.32 Å². The second-order valence-corrected chi connectivity index (χ2v) is 11.3. The number of likely N-dealkylation sites (tertiary alicyclic amines) is 1. The molecule has 188 valence electrons. The molecule has 2 unspecified atom stereocenters. The summed E-state index contributed by atoms with van der Waals surface area (Å²) in [6.07, 6.45) is 10.5. The molecule has 6 rings (SSSR count). The zero-order chi connectivity index (χ0) is 24.5. The Morgan fingerprint density at radius 1 is 1.00 bits per heavy atom. The third-order valence-corrected chi connectivity index (χ3v) is 9.24. The molecule has 1 saturated heterocycles. The van der Waals surface area contributed by atoms with E-state index in [4.69, 9.17) is 0 Å². The molecule has 36 heavy (non-hydrogen) atoms. The molecule has 3 fully saturated rings. The summed E-state index contributed by atoms with van der Waals surface area (Å²) in [6, 6.07) is 18.7. The summed E-state index contributed by atoms with van der Waals surface area (Å²) in [5, 5.41) is 4.43. The van der Waals surface area contributed by atoms with Gasteiger partial charge in [-0.05, 0) is 67.1 Å². The number of para-hydroxylation sites is 1. The first-order chi connectivity index (χ1) is 17.6. The summed E-state index contributed by atoms with van der Waals surface area (Å²) < 4.78 is 0. The van der Waals surface area contributed by atoms with Gasteiger partial charge in [0.1, 0.15) is 0 Å². The Kier molecular flexibility index (Phi) is 6.32. The molecule has 2 aliphatic carbocycles. The van der Waals surface area contributed by atoms with Gasteiger partial charge in [-0.25, -0.2) is 0 Å². The lowest BCUT2D eigenvalue weighted by Crippen LogP contribution is -2.44. The largest absolute Gasteiger partial charge is 0.361 e. The topological polar surface area (TPSA) is 65.2 Å². The number of H-pyrrole nitrogens is 1. The minimum atomic E-state index is -0.00874. The fourth-order valence-corrected chi connectivity index (χ4v) is 6.99. The average molecular weight is 484 g/mol. The number of benzene rings is 2. The zero-order valence-electron chi connectivity index (χ0n) is 21.0. The zero-order valence-corrected chi connectivity index (χ0v) is 21.0. The predicted octanol–water partition coefficient (Wildman–Crippen LogP) is 5.43. The summed E-state index contributed by atoms with van der Waals surface area (Å²) in [5.41, 5.74) is 3.67. The van der Waals surface area contributed by atoms with Gasteiger partial charge in [0.15, 0.2) is 0 Å². The molecule has 2 heterocycles. The molecule has 2 atom stereocenters. The van der Waals surface area contributed by atoms with Crippen molar-refractivity contribution in [3.63, 3.8) is 0 Å². The summed E-state index contributed by atoms with van der Waals surface area (Å²) in [6.45, 7) is 2.24. The number of hydrogen-bond donors (Lipinski definition) is 2. The van der Waals surface area contributed by atoms with E-state index in [9.17, 15) is 9.59 Å². The van der Waals surface area contributed by atoms with Crippen molar-refractivity contribution < 1.29 is 9.59 Å². The first kappa shape index (κ1) is 23.3. The molecule has 2 N–H and O–H groups in total. The molecular weight excluding hydrogens is 446 g/mol. The second-order valence-electron chi connectivity index (χ2n) is 11.3. The number of nitrogens with one attached hydrogen (secondary N) is 2. The number of hydrogen-bond acceptors (Lipinski definition) is 2. The van der Waals surface area contributed by atoms with Gasteiger partial charge in [0.05, 0.1) is 5.92 Å². The number of carbonyl (C=O) groups is 2. The predicted molar refractivity (Wildman–Crippen MR) is 143 cm³/mol. The van der Waals surface area contributed by atoms with Gasteiger partial charge < -0.3 is 15.2 Å². The number of carbonyl (C=O) groups excluding carboxylic acids is 2. The fourth-order valence-electron chi connectivity index (χ4n) is 6.99. The van der Waals surface area contributed by atoms with E-state index in [1.807, 2.05) is 12.1 Å². The maximum absolute atomic E-state index is 13.7. The summed E-state index contributed by atoms with van der Waals surface area (Å²) in [7, 11) is 0. The number of piperidine rings is 1. The van der Waals surface area contributed by atoms with E-state index in [0.717, 1.165) is 57.1 Å². The summed E-state index contributed by atoms with van der Waals surface area (Å²) >= 11 is 0. The molecular formula is C31H37N3O2. The van der Waals surface area contributed by atoms with Crippen molar-refractivity contribution in [3.8, 4) is 0 Å². The van der Waals surface area contributed by atoms with Crippen molar-refractivity contribution in [2.75, 3.05) is 19.6 Å². The lowest BCUT2D eigenvalue weighted by atomic mass is 9.82. The van der Waals surface area contributed by atoms with E-state index in [0.29, 0.717) is 18.4 Å². The van der Waals surface area contributed by atoms with E-state index in [1.165, 1.54) is 29.4 Å². The van der Waals surface area contributed by atoms with Crippen LogP contribution in [-0.2, 0) is 16.0 Å². The Hall–Kier alpha value is -3.08. The molecule has 3 aromatic rings. The van der Waals surface area contributed by atoms with Crippen LogP contribution in [0.1, 0.15) is 62.0 Å². The van der Waals surface area contributed by atoms with Crippen LogP contribution in [0.2, 0.25) is 0 Å². The Bertz CT molecular complexity index is 1220. The number of amides is 2. The van der Waals surface area contributed by atoms with Crippen molar-refractivity contribution in [1.29, 1.82) is 0 Å². The highest BCUT2D eigenvalue weighted by Gasteiger charge is 2.58. The second kappa shape index (κ2) is 9.76. The van der Waals surface area contributed by atoms with E-state index < -0.39 is 0 Å². The van der Waals surface area contributed by atoms with Crippen LogP contribution >= 0.6 is 0 Å². The van der Waals surface area contributed by atoms with Crippen LogP contribution in [0.15, 0.2) is 60.8 Å². The molecule has 5 nitrogen and oxygen atoms in total. The molecule has 2 amide bonds. The maximum atomic E-state index is 13.7. The molecule has 5 heteroatoms. The molecule has 0 bridgehead atoms. The molecule has 3 aliphatic rings. The fraction of sp³-hybridized carbons (Fsp3) is 0.484. The highest BCUT2D eigenvalue weighted by atomic mass is 16.2. The minimum Gasteiger partial charge on any atom is -0.361 e. The number of fused-ring (bicyclic) bond motifs is 1. The van der Waals surface area contributed by atoms with Gasteiger partial charge in [-0.2, -0.15) is 0 Å². The Balaban J connectivity index is 1.02. The van der Waals surface area contributed by atoms with Crippen molar-refractivity contribution in [2.24, 2.45) is 17.3 Å². The van der Waals surface area contributed by atoms with Crippen LogP contribution in [0.25, 0.3) is 10.9 Å². The first-order valence-corrected chi connectivity index (χ1v) is 13.8. The summed E-state index contributed by atoms with van der Waals surface area (Å²) in [5.74, 6) is 1.07. The van der Waals surface area contributed by atoms with Crippen molar-refractivity contribution in [3.05, 3.63) is 71.9 Å². The normalized spacial score (nSPS) is 22.1. The van der Waals surface area contributed by atoms with Crippen molar-refractivity contribution in [2.45, 2.75) is 57.3 Å². The minimum absolute atomic E-state index is 0.00874. The van der Waals surface area contributed by atoms with Crippen LogP contribution in [0.3, 0.4) is 0 Å². The Labute approximate surface area is 213 Å². The van der Waals surface area contributed by atoms with Gasteiger partial charge in [0.25, 0.3) is 0 Å². The van der Waals surface area contributed by atoms with Gasteiger partial charge in [-0.15, -0.1) is 0 Å². The molecule has 1 aliphatic heterocycles. The highest BCUT2D eigenvalue weighted by Crippen LogP contribution is 2.59. The SMILES string of the molecule is O=C(NCCc1c[nH]c2ccccc12)C1CC12CCN(C(=O)C(c1ccccc1)C1CCCC1)CC2. The smallest absolute Gasteiger partial charge is 0.230 e. The Morgan fingerprint density at radius 2 is 1.72 bits per heavy atom. The summed E-state index contributed by atoms with van der Waals surface area (Å²) in [4.78, 5) is 32.1. The molecule has 1 aromatic heterocycles.